The molecule has 1 rings (SSSR count). The highest BCUT2D eigenvalue weighted by molar-refractivity contribution is 4.84. The molecule has 1 aliphatic heterocycles. The molecule has 3 atom stereocenters. The first-order valence-corrected chi connectivity index (χ1v) is 1.89. The molecule has 0 spiro atoms. The minimum atomic E-state index is -0.370. The average Bonchev–Trinajstić information content (AvgIpc) is 1.94. The van der Waals surface area contributed by atoms with Crippen LogP contribution in [0.2, 0.25) is 0 Å². The summed E-state index contributed by atoms with van der Waals surface area (Å²) in [5.74, 6) is 0. The van der Waals surface area contributed by atoms with Gasteiger partial charge in [-0.25, -0.2) is 0 Å². The maximum absolute atomic E-state index is 8.50. The van der Waals surface area contributed by atoms with Crippen LogP contribution in [0.5, 0.6) is 0 Å². The third-order valence-corrected chi connectivity index (χ3v) is 1.10. The van der Waals surface area contributed by atoms with E-state index in [1.165, 1.54) is 0 Å². The molecule has 3 heteroatoms. The first-order valence-electron chi connectivity index (χ1n) is 1.89. The SMILES string of the molecule is CN1C(N)C1O. The Morgan fingerprint density at radius 2 is 2.00 bits per heavy atom. The Balaban J connectivity index is 2.31. The molecule has 0 aromatic rings. The molecule has 0 bridgehead atoms. The van der Waals surface area contributed by atoms with Gasteiger partial charge in [0.25, 0.3) is 0 Å². The molecule has 3 unspecified atom stereocenters. The fourth-order valence-corrected chi connectivity index (χ4v) is 0.346. The molecular weight excluding hydrogens is 80.0 g/mol. The fourth-order valence-electron chi connectivity index (χ4n) is 0.346. The lowest BCUT2D eigenvalue weighted by Crippen LogP contribution is -2.06. The van der Waals surface area contributed by atoms with Gasteiger partial charge < -0.3 is 10.8 Å². The van der Waals surface area contributed by atoms with Crippen LogP contribution in [0.25, 0.3) is 0 Å². The van der Waals surface area contributed by atoms with Crippen molar-refractivity contribution in [2.45, 2.75) is 12.4 Å². The van der Waals surface area contributed by atoms with E-state index in [2.05, 4.69) is 0 Å². The van der Waals surface area contributed by atoms with E-state index in [0.29, 0.717) is 0 Å². The summed E-state index contributed by atoms with van der Waals surface area (Å²) in [4.78, 5) is 1.67. The van der Waals surface area contributed by atoms with Crippen LogP contribution in [-0.2, 0) is 0 Å². The van der Waals surface area contributed by atoms with Crippen LogP contribution < -0.4 is 5.73 Å². The molecule has 0 radical (unpaired) electrons. The summed E-state index contributed by atoms with van der Waals surface area (Å²) in [6, 6.07) is 0. The van der Waals surface area contributed by atoms with Gasteiger partial charge in [-0.05, 0) is 7.05 Å². The normalized spacial score (nSPS) is 55.5. The lowest BCUT2D eigenvalue weighted by atomic mass is 10.8. The van der Waals surface area contributed by atoms with Crippen LogP contribution >= 0.6 is 0 Å². The predicted molar refractivity (Wildman–Crippen MR) is 21.7 cm³/mol. The monoisotopic (exact) mass is 88.1 g/mol. The standard InChI is InChI=1S/C3H8N2O/c1-5-2(4)3(5)6/h2-3,6H,4H2,1H3. The van der Waals surface area contributed by atoms with E-state index >= 15 is 0 Å². The van der Waals surface area contributed by atoms with Crippen molar-refractivity contribution in [2.24, 2.45) is 5.73 Å². The number of likely N-dealkylation sites (N-methyl/N-ethyl adjacent to an activating group) is 1. The van der Waals surface area contributed by atoms with Gasteiger partial charge in [-0.1, -0.05) is 0 Å². The Morgan fingerprint density at radius 3 is 2.00 bits per heavy atom. The van der Waals surface area contributed by atoms with Crippen molar-refractivity contribution in [2.75, 3.05) is 7.05 Å². The van der Waals surface area contributed by atoms with Crippen LogP contribution in [0.1, 0.15) is 0 Å². The van der Waals surface area contributed by atoms with Gasteiger partial charge in [0, 0.05) is 0 Å². The van der Waals surface area contributed by atoms with Crippen LogP contribution in [-0.4, -0.2) is 29.4 Å². The average molecular weight is 88.1 g/mol. The first-order chi connectivity index (χ1) is 2.73. The van der Waals surface area contributed by atoms with E-state index in [1.807, 2.05) is 0 Å². The molecule has 6 heavy (non-hydrogen) atoms. The zero-order valence-corrected chi connectivity index (χ0v) is 3.63. The molecule has 0 aliphatic carbocycles. The molecule has 1 fully saturated rings. The van der Waals surface area contributed by atoms with Gasteiger partial charge in [-0.2, -0.15) is 0 Å². The zero-order valence-electron chi connectivity index (χ0n) is 3.63. The third kappa shape index (κ3) is 0.330. The van der Waals surface area contributed by atoms with E-state index in [4.69, 9.17) is 10.8 Å². The number of rotatable bonds is 0. The Labute approximate surface area is 36.4 Å². The second-order valence-electron chi connectivity index (χ2n) is 1.57. The molecule has 1 heterocycles. The minimum absolute atomic E-state index is 0.0926. The highest BCUT2D eigenvalue weighted by Gasteiger charge is 2.39. The number of hydrogen-bond donors (Lipinski definition) is 2. The maximum atomic E-state index is 8.50. The van der Waals surface area contributed by atoms with E-state index in [1.54, 1.807) is 11.9 Å². The zero-order chi connectivity index (χ0) is 4.73. The highest BCUT2D eigenvalue weighted by Crippen LogP contribution is 2.14. The maximum Gasteiger partial charge on any atom is 0.137 e. The van der Waals surface area contributed by atoms with Crippen molar-refractivity contribution in [1.29, 1.82) is 0 Å². The number of aliphatic hydroxyl groups is 1. The largest absolute Gasteiger partial charge is 0.375 e. The van der Waals surface area contributed by atoms with Crippen molar-refractivity contribution in [3.05, 3.63) is 0 Å². The molecular formula is C3H8N2O. The second kappa shape index (κ2) is 0.932. The Kier molecular flexibility index (Phi) is 0.629. The Morgan fingerprint density at radius 1 is 1.83 bits per heavy atom. The molecule has 3 nitrogen and oxygen atoms in total. The topological polar surface area (TPSA) is 49.3 Å². The summed E-state index contributed by atoms with van der Waals surface area (Å²) in [6.07, 6.45) is -0.463. The van der Waals surface area contributed by atoms with Gasteiger partial charge in [-0.15, -0.1) is 0 Å². The van der Waals surface area contributed by atoms with E-state index < -0.39 is 0 Å². The van der Waals surface area contributed by atoms with Crippen LogP contribution in [0, 0.1) is 0 Å². The van der Waals surface area contributed by atoms with Crippen molar-refractivity contribution in [3.63, 3.8) is 0 Å². The molecule has 1 saturated heterocycles. The van der Waals surface area contributed by atoms with Crippen molar-refractivity contribution >= 4 is 0 Å². The van der Waals surface area contributed by atoms with Gasteiger partial charge in [0.1, 0.15) is 6.23 Å². The number of nitrogens with two attached hydrogens (primary N) is 1. The predicted octanol–water partition coefficient (Wildman–Crippen LogP) is -1.47. The molecule has 0 aromatic heterocycles. The smallest absolute Gasteiger partial charge is 0.137 e. The van der Waals surface area contributed by atoms with Crippen molar-refractivity contribution < 1.29 is 5.11 Å². The van der Waals surface area contributed by atoms with Crippen LogP contribution in [0.4, 0.5) is 0 Å². The fraction of sp³-hybridized carbons (Fsp3) is 1.00. The van der Waals surface area contributed by atoms with Crippen molar-refractivity contribution in [3.8, 4) is 0 Å². The minimum Gasteiger partial charge on any atom is -0.375 e. The quantitative estimate of drug-likeness (QED) is 0.356. The van der Waals surface area contributed by atoms with Crippen molar-refractivity contribution in [1.82, 2.24) is 4.90 Å². The molecule has 3 N–H and O–H groups in total. The molecule has 1 aliphatic rings. The number of nitrogens with zero attached hydrogens (tertiary/aromatic N) is 1. The lowest BCUT2D eigenvalue weighted by Gasteiger charge is -1.76. The van der Waals surface area contributed by atoms with E-state index in [9.17, 15) is 0 Å². The van der Waals surface area contributed by atoms with Gasteiger partial charge >= 0.3 is 0 Å². The summed E-state index contributed by atoms with van der Waals surface area (Å²) >= 11 is 0. The lowest BCUT2D eigenvalue weighted by molar-refractivity contribution is 0.223. The molecule has 0 saturated carbocycles. The number of hydrogen-bond acceptors (Lipinski definition) is 3. The Bertz CT molecular complexity index is 45.5. The van der Waals surface area contributed by atoms with Gasteiger partial charge in [0.2, 0.25) is 0 Å². The molecule has 0 amide bonds. The third-order valence-electron chi connectivity index (χ3n) is 1.10. The summed E-state index contributed by atoms with van der Waals surface area (Å²) in [5, 5.41) is 8.50. The second-order valence-corrected chi connectivity index (χ2v) is 1.57. The van der Waals surface area contributed by atoms with Gasteiger partial charge in [-0.3, -0.25) is 4.90 Å². The Hall–Kier alpha value is -0.120. The van der Waals surface area contributed by atoms with Gasteiger partial charge in [0.15, 0.2) is 0 Å². The van der Waals surface area contributed by atoms with Gasteiger partial charge in [0.05, 0.1) is 6.17 Å². The van der Waals surface area contributed by atoms with Crippen LogP contribution in [0.15, 0.2) is 0 Å². The molecule has 0 aromatic carbocycles. The van der Waals surface area contributed by atoms with E-state index in [-0.39, 0.29) is 12.4 Å². The van der Waals surface area contributed by atoms with Crippen LogP contribution in [0.3, 0.4) is 0 Å². The van der Waals surface area contributed by atoms with E-state index in [0.717, 1.165) is 0 Å². The number of aliphatic hydroxyl groups excluding tert-OH is 1. The highest BCUT2D eigenvalue weighted by atomic mass is 16.3. The first kappa shape index (κ1) is 4.05. The summed E-state index contributed by atoms with van der Waals surface area (Å²) in [7, 11) is 1.77. The molecule has 36 valence electrons. The summed E-state index contributed by atoms with van der Waals surface area (Å²) in [5.41, 5.74) is 5.19. The summed E-state index contributed by atoms with van der Waals surface area (Å²) < 4.78 is 0. The summed E-state index contributed by atoms with van der Waals surface area (Å²) in [6.45, 7) is 0.